The molecule has 3 heterocycles. The van der Waals surface area contributed by atoms with Gasteiger partial charge in [0.1, 0.15) is 0 Å². The average Bonchev–Trinajstić information content (AvgIpc) is 3.93. The number of benzene rings is 10. The fourth-order valence-electron chi connectivity index (χ4n) is 10.2. The van der Waals surface area contributed by atoms with Crippen LogP contribution in [0.3, 0.4) is 0 Å². The number of aromatic nitrogens is 5. The van der Waals surface area contributed by atoms with Gasteiger partial charge < -0.3 is 9.13 Å². The topological polar surface area (TPSA) is 48.5 Å². The van der Waals surface area contributed by atoms with Crippen LogP contribution in [0.1, 0.15) is 11.1 Å². The molecule has 0 fully saturated rings. The number of para-hydroxylation sites is 3. The first-order valence-electron chi connectivity index (χ1n) is 23.8. The van der Waals surface area contributed by atoms with Crippen molar-refractivity contribution >= 4 is 43.6 Å². The Morgan fingerprint density at radius 1 is 0.257 bits per heavy atom. The molecule has 0 saturated carbocycles. The number of aryl methyl sites for hydroxylation is 2. The lowest BCUT2D eigenvalue weighted by Gasteiger charge is -2.19. The molecule has 0 bridgehead atoms. The van der Waals surface area contributed by atoms with E-state index in [1.165, 1.54) is 54.9 Å². The van der Waals surface area contributed by atoms with Gasteiger partial charge in [-0.3, -0.25) is 0 Å². The predicted octanol–water partition coefficient (Wildman–Crippen LogP) is 16.7. The molecule has 0 spiro atoms. The Balaban J connectivity index is 1.08. The van der Waals surface area contributed by atoms with E-state index in [2.05, 4.69) is 223 Å². The monoisotopic (exact) mass is 895 g/mol. The summed E-state index contributed by atoms with van der Waals surface area (Å²) in [5, 5.41) is 4.79. The zero-order valence-electron chi connectivity index (χ0n) is 38.8. The molecule has 13 aromatic rings. The van der Waals surface area contributed by atoms with Gasteiger partial charge in [0.05, 0.1) is 33.4 Å². The second-order valence-corrected chi connectivity index (χ2v) is 18.2. The van der Waals surface area contributed by atoms with E-state index in [1.807, 2.05) is 36.4 Å². The largest absolute Gasteiger partial charge is 0.309 e. The summed E-state index contributed by atoms with van der Waals surface area (Å²) in [4.78, 5) is 15.5. The van der Waals surface area contributed by atoms with E-state index in [9.17, 15) is 0 Å². The van der Waals surface area contributed by atoms with Gasteiger partial charge in [0.2, 0.25) is 0 Å². The van der Waals surface area contributed by atoms with Crippen LogP contribution in [0.25, 0.3) is 123 Å². The van der Waals surface area contributed by atoms with E-state index in [-0.39, 0.29) is 0 Å². The molecule has 70 heavy (non-hydrogen) atoms. The minimum absolute atomic E-state index is 0.600. The zero-order chi connectivity index (χ0) is 46.7. The van der Waals surface area contributed by atoms with Crippen LogP contribution in [0, 0.1) is 13.8 Å². The Morgan fingerprint density at radius 3 is 1.17 bits per heavy atom. The average molecular weight is 896 g/mol. The van der Waals surface area contributed by atoms with Gasteiger partial charge in [-0.2, -0.15) is 0 Å². The summed E-state index contributed by atoms with van der Waals surface area (Å²) in [6.45, 7) is 4.27. The van der Waals surface area contributed by atoms with Crippen molar-refractivity contribution in [3.63, 3.8) is 0 Å². The molecule has 0 aliphatic carbocycles. The summed E-state index contributed by atoms with van der Waals surface area (Å²) in [6.07, 6.45) is 0. The van der Waals surface area contributed by atoms with Gasteiger partial charge in [0.25, 0.3) is 0 Å². The predicted molar refractivity (Wildman–Crippen MR) is 291 cm³/mol. The molecule has 330 valence electrons. The molecule has 0 aliphatic rings. The van der Waals surface area contributed by atoms with Crippen LogP contribution < -0.4 is 0 Å². The van der Waals surface area contributed by atoms with Crippen molar-refractivity contribution in [3.8, 4) is 78.9 Å². The number of nitrogens with zero attached hydrogens (tertiary/aromatic N) is 5. The summed E-state index contributed by atoms with van der Waals surface area (Å²) in [5.41, 5.74) is 18.8. The molecular weight excluding hydrogens is 851 g/mol. The minimum Gasteiger partial charge on any atom is -0.309 e. The van der Waals surface area contributed by atoms with Crippen LogP contribution in [0.15, 0.2) is 237 Å². The molecular formula is C65H45N5. The summed E-state index contributed by atoms with van der Waals surface area (Å²) in [7, 11) is 0. The molecule has 0 N–H and O–H groups in total. The van der Waals surface area contributed by atoms with E-state index in [0.717, 1.165) is 61.3 Å². The van der Waals surface area contributed by atoms with Gasteiger partial charge in [-0.25, -0.2) is 15.0 Å². The molecule has 0 saturated heterocycles. The molecule has 5 heteroatoms. The van der Waals surface area contributed by atoms with Gasteiger partial charge in [0.15, 0.2) is 17.5 Å². The van der Waals surface area contributed by atoms with Crippen molar-refractivity contribution in [1.29, 1.82) is 0 Å². The van der Waals surface area contributed by atoms with Crippen molar-refractivity contribution < 1.29 is 0 Å². The molecule has 0 atom stereocenters. The molecule has 0 radical (unpaired) electrons. The number of fused-ring (bicyclic) bond motifs is 6. The molecule has 10 aromatic carbocycles. The van der Waals surface area contributed by atoms with Crippen LogP contribution in [-0.4, -0.2) is 24.1 Å². The van der Waals surface area contributed by atoms with Gasteiger partial charge >= 0.3 is 0 Å². The third-order valence-corrected chi connectivity index (χ3v) is 13.7. The molecule has 13 rings (SSSR count). The quantitative estimate of drug-likeness (QED) is 0.153. The van der Waals surface area contributed by atoms with Crippen LogP contribution in [-0.2, 0) is 0 Å². The van der Waals surface area contributed by atoms with Gasteiger partial charge in [-0.15, -0.1) is 0 Å². The Morgan fingerprint density at radius 2 is 0.643 bits per heavy atom. The van der Waals surface area contributed by atoms with Crippen molar-refractivity contribution in [3.05, 3.63) is 248 Å². The standard InChI is InChI=1S/C65H45N5/c1-42-25-29-44(30-26-42)48-34-37-60-55(39-48)52-20-10-13-23-58(52)69(60)57-22-12-9-19-51(57)54-36-33-50(65-67-63(46-15-5-3-6-16-46)66-64(68-65)47-17-7-4-8-18-47)41-62(54)70-59-24-14-11-21-53(59)56-40-49(35-38-61(56)70)45-31-27-43(2)28-32-45/h3-41H,1-2H3. The highest BCUT2D eigenvalue weighted by Crippen LogP contribution is 2.43. The summed E-state index contributed by atoms with van der Waals surface area (Å²) in [6, 6.07) is 84.9. The molecule has 0 unspecified atom stereocenters. The Labute approximate surface area is 406 Å². The number of hydrogen-bond donors (Lipinski definition) is 0. The lowest BCUT2D eigenvalue weighted by Crippen LogP contribution is -2.03. The summed E-state index contributed by atoms with van der Waals surface area (Å²) >= 11 is 0. The Hall–Kier alpha value is -9.19. The Bertz CT molecular complexity index is 4050. The molecule has 0 aliphatic heterocycles. The van der Waals surface area contributed by atoms with Gasteiger partial charge in [-0.1, -0.05) is 199 Å². The van der Waals surface area contributed by atoms with Crippen LogP contribution in [0.4, 0.5) is 0 Å². The van der Waals surface area contributed by atoms with Crippen molar-refractivity contribution in [2.45, 2.75) is 13.8 Å². The third kappa shape index (κ3) is 7.06. The van der Waals surface area contributed by atoms with E-state index in [4.69, 9.17) is 15.0 Å². The first-order valence-corrected chi connectivity index (χ1v) is 23.8. The molecule has 5 nitrogen and oxygen atoms in total. The van der Waals surface area contributed by atoms with E-state index in [1.54, 1.807) is 0 Å². The van der Waals surface area contributed by atoms with E-state index in [0.29, 0.717) is 17.5 Å². The van der Waals surface area contributed by atoms with E-state index < -0.39 is 0 Å². The maximum absolute atomic E-state index is 5.22. The van der Waals surface area contributed by atoms with Crippen molar-refractivity contribution in [2.75, 3.05) is 0 Å². The highest BCUT2D eigenvalue weighted by Gasteiger charge is 2.23. The Kier molecular flexibility index (Phi) is 9.88. The first-order chi connectivity index (χ1) is 34.5. The maximum Gasteiger partial charge on any atom is 0.164 e. The number of hydrogen-bond acceptors (Lipinski definition) is 3. The lowest BCUT2D eigenvalue weighted by atomic mass is 9.98. The van der Waals surface area contributed by atoms with Crippen LogP contribution >= 0.6 is 0 Å². The second kappa shape index (κ2) is 16.8. The van der Waals surface area contributed by atoms with Crippen LogP contribution in [0.2, 0.25) is 0 Å². The SMILES string of the molecule is Cc1ccc(-c2ccc3c(c2)c2ccccc2n3-c2ccccc2-c2ccc(-c3nc(-c4ccccc4)nc(-c4ccccc4)n3)cc2-n2c3ccccc3c3cc(-c4ccc(C)cc4)ccc32)cc1. The summed E-state index contributed by atoms with van der Waals surface area (Å²) < 4.78 is 4.89. The number of rotatable bonds is 8. The fourth-order valence-corrected chi connectivity index (χ4v) is 10.2. The molecule has 0 amide bonds. The van der Waals surface area contributed by atoms with Crippen molar-refractivity contribution in [2.24, 2.45) is 0 Å². The normalized spacial score (nSPS) is 11.6. The van der Waals surface area contributed by atoms with Crippen LogP contribution in [0.5, 0.6) is 0 Å². The minimum atomic E-state index is 0.600. The highest BCUT2D eigenvalue weighted by molar-refractivity contribution is 6.13. The summed E-state index contributed by atoms with van der Waals surface area (Å²) in [5.74, 6) is 1.85. The lowest BCUT2D eigenvalue weighted by molar-refractivity contribution is 1.07. The fraction of sp³-hybridized carbons (Fsp3) is 0.0308. The highest BCUT2D eigenvalue weighted by atomic mass is 15.0. The van der Waals surface area contributed by atoms with Gasteiger partial charge in [-0.05, 0) is 84.6 Å². The zero-order valence-corrected chi connectivity index (χ0v) is 38.8. The van der Waals surface area contributed by atoms with E-state index >= 15 is 0 Å². The van der Waals surface area contributed by atoms with Crippen molar-refractivity contribution in [1.82, 2.24) is 24.1 Å². The third-order valence-electron chi connectivity index (χ3n) is 13.7. The molecule has 3 aromatic heterocycles. The van der Waals surface area contributed by atoms with Gasteiger partial charge in [0, 0.05) is 49.4 Å². The smallest absolute Gasteiger partial charge is 0.164 e. The maximum atomic E-state index is 5.22. The second-order valence-electron chi connectivity index (χ2n) is 18.2. The first kappa shape index (κ1) is 41.0.